The summed E-state index contributed by atoms with van der Waals surface area (Å²) in [6.45, 7) is 2.15. The number of ether oxygens (including phenoxy) is 1. The first-order chi connectivity index (χ1) is 13.5. The molecule has 0 radical (unpaired) electrons. The summed E-state index contributed by atoms with van der Waals surface area (Å²) < 4.78 is 5.19. The number of fused-ring (bicyclic) bond motifs is 1. The van der Waals surface area contributed by atoms with Crippen LogP contribution in [0.4, 0.5) is 5.82 Å². The van der Waals surface area contributed by atoms with Gasteiger partial charge in [0.1, 0.15) is 5.82 Å². The number of nitrogens with zero attached hydrogens (tertiary/aromatic N) is 2. The molecule has 5 N–H and O–H groups in total. The lowest BCUT2D eigenvalue weighted by Gasteiger charge is -2.24. The molecule has 0 saturated carbocycles. The van der Waals surface area contributed by atoms with Gasteiger partial charge in [0.25, 0.3) is 5.91 Å². The van der Waals surface area contributed by atoms with Crippen molar-refractivity contribution in [3.05, 3.63) is 54.4 Å². The Bertz CT molecular complexity index is 954. The number of hydrogen-bond acceptors (Lipinski definition) is 7. The van der Waals surface area contributed by atoms with Crippen LogP contribution in [-0.2, 0) is 9.53 Å². The van der Waals surface area contributed by atoms with E-state index in [1.54, 1.807) is 30.6 Å². The maximum Gasteiger partial charge on any atom is 0.346 e. The molecule has 0 aliphatic carbocycles. The fourth-order valence-corrected chi connectivity index (χ4v) is 2.51. The summed E-state index contributed by atoms with van der Waals surface area (Å²) in [4.78, 5) is 28.8. The van der Waals surface area contributed by atoms with Crippen LogP contribution < -0.4 is 16.4 Å². The zero-order valence-corrected chi connectivity index (χ0v) is 15.4. The van der Waals surface area contributed by atoms with Gasteiger partial charge in [0, 0.05) is 23.7 Å². The molecule has 0 saturated heterocycles. The van der Waals surface area contributed by atoms with Gasteiger partial charge in [-0.3, -0.25) is 15.6 Å². The molecule has 1 amide bonds. The van der Waals surface area contributed by atoms with E-state index in [-0.39, 0.29) is 6.61 Å². The van der Waals surface area contributed by atoms with Gasteiger partial charge < -0.3 is 15.4 Å². The van der Waals surface area contributed by atoms with E-state index < -0.39 is 17.5 Å². The van der Waals surface area contributed by atoms with Crippen molar-refractivity contribution in [3.63, 3.8) is 0 Å². The quantitative estimate of drug-likeness (QED) is 0.263. The molecule has 2 heterocycles. The Morgan fingerprint density at radius 3 is 2.93 bits per heavy atom. The van der Waals surface area contributed by atoms with E-state index in [0.717, 1.165) is 16.7 Å². The Morgan fingerprint density at radius 2 is 2.14 bits per heavy atom. The molecule has 9 nitrogen and oxygen atoms in total. The number of esters is 1. The standard InChI is InChI=1S/C19H22N6O3/c1-19(20,18(27)28-10-4-9-22-16-5-2-3-8-21-16)24-17(26)13-6-7-15-14(11-13)12-23-25-15/h2-3,5-8,11-12H,4,9-10,20H2,1H3,(H,21,22)(H,23,25)(H,24,26). The number of anilines is 1. The number of benzene rings is 1. The molecule has 0 aliphatic heterocycles. The minimum Gasteiger partial charge on any atom is -0.463 e. The number of nitrogens with one attached hydrogen (secondary N) is 3. The maximum absolute atomic E-state index is 12.4. The van der Waals surface area contributed by atoms with Gasteiger partial charge in [-0.25, -0.2) is 9.78 Å². The molecule has 0 bridgehead atoms. The maximum atomic E-state index is 12.4. The van der Waals surface area contributed by atoms with Crippen LogP contribution in [0.25, 0.3) is 10.9 Å². The molecule has 2 aromatic heterocycles. The van der Waals surface area contributed by atoms with Crippen molar-refractivity contribution < 1.29 is 14.3 Å². The van der Waals surface area contributed by atoms with Gasteiger partial charge in [-0.15, -0.1) is 0 Å². The first kappa shape index (κ1) is 19.3. The second-order valence-corrected chi connectivity index (χ2v) is 6.46. The molecule has 0 aliphatic rings. The summed E-state index contributed by atoms with van der Waals surface area (Å²) >= 11 is 0. The van der Waals surface area contributed by atoms with E-state index in [9.17, 15) is 9.59 Å². The lowest BCUT2D eigenvalue weighted by atomic mass is 10.1. The average Bonchev–Trinajstić information content (AvgIpc) is 3.15. The van der Waals surface area contributed by atoms with E-state index in [1.165, 1.54) is 6.92 Å². The largest absolute Gasteiger partial charge is 0.463 e. The van der Waals surface area contributed by atoms with Crippen molar-refractivity contribution in [1.29, 1.82) is 0 Å². The van der Waals surface area contributed by atoms with Gasteiger partial charge >= 0.3 is 5.97 Å². The topological polar surface area (TPSA) is 135 Å². The number of carbonyl (C=O) groups is 2. The van der Waals surface area contributed by atoms with Gasteiger partial charge in [-0.05, 0) is 43.7 Å². The Hall–Kier alpha value is -3.46. The smallest absolute Gasteiger partial charge is 0.346 e. The van der Waals surface area contributed by atoms with Gasteiger partial charge in [0.2, 0.25) is 0 Å². The minimum atomic E-state index is -1.64. The number of aromatic nitrogens is 3. The van der Waals surface area contributed by atoms with Crippen LogP contribution in [0.2, 0.25) is 0 Å². The fraction of sp³-hybridized carbons (Fsp3) is 0.263. The molecule has 1 atom stereocenters. The predicted molar refractivity (Wildman–Crippen MR) is 104 cm³/mol. The molecule has 1 aromatic carbocycles. The highest BCUT2D eigenvalue weighted by Crippen LogP contribution is 2.13. The number of pyridine rings is 1. The van der Waals surface area contributed by atoms with E-state index >= 15 is 0 Å². The number of hydrogen-bond donors (Lipinski definition) is 4. The Kier molecular flexibility index (Phi) is 5.85. The van der Waals surface area contributed by atoms with Crippen molar-refractivity contribution in [2.75, 3.05) is 18.5 Å². The van der Waals surface area contributed by atoms with Gasteiger partial charge in [0.15, 0.2) is 5.66 Å². The lowest BCUT2D eigenvalue weighted by Crippen LogP contribution is -2.60. The molecule has 146 valence electrons. The lowest BCUT2D eigenvalue weighted by molar-refractivity contribution is -0.150. The summed E-state index contributed by atoms with van der Waals surface area (Å²) in [6, 6.07) is 10.6. The second-order valence-electron chi connectivity index (χ2n) is 6.46. The van der Waals surface area contributed by atoms with Crippen LogP contribution in [0.5, 0.6) is 0 Å². The van der Waals surface area contributed by atoms with Gasteiger partial charge in [-0.2, -0.15) is 5.10 Å². The Morgan fingerprint density at radius 1 is 1.29 bits per heavy atom. The van der Waals surface area contributed by atoms with Crippen molar-refractivity contribution in [3.8, 4) is 0 Å². The van der Waals surface area contributed by atoms with Crippen LogP contribution in [0.3, 0.4) is 0 Å². The number of carbonyl (C=O) groups excluding carboxylic acids is 2. The molecule has 1 unspecified atom stereocenters. The number of nitrogens with two attached hydrogens (primary N) is 1. The normalized spacial score (nSPS) is 12.9. The van der Waals surface area contributed by atoms with E-state index in [2.05, 4.69) is 25.8 Å². The number of amides is 1. The highest BCUT2D eigenvalue weighted by atomic mass is 16.5. The van der Waals surface area contributed by atoms with Gasteiger partial charge in [0.05, 0.1) is 18.3 Å². The number of aromatic amines is 1. The molecule has 3 aromatic rings. The summed E-state index contributed by atoms with van der Waals surface area (Å²) in [5, 5.41) is 13.1. The van der Waals surface area contributed by atoms with Crippen molar-refractivity contribution in [2.45, 2.75) is 19.0 Å². The second kappa shape index (κ2) is 8.49. The van der Waals surface area contributed by atoms with Crippen molar-refractivity contribution in [1.82, 2.24) is 20.5 Å². The summed E-state index contributed by atoms with van der Waals surface area (Å²) in [7, 11) is 0. The summed E-state index contributed by atoms with van der Waals surface area (Å²) in [5.41, 5.74) is 5.49. The SMILES string of the molecule is CC(N)(NC(=O)c1ccc2[nH]ncc2c1)C(=O)OCCCNc1ccccn1. The highest BCUT2D eigenvalue weighted by Gasteiger charge is 2.32. The first-order valence-corrected chi connectivity index (χ1v) is 8.82. The van der Waals surface area contributed by atoms with E-state index in [1.807, 2.05) is 18.2 Å². The number of H-pyrrole nitrogens is 1. The van der Waals surface area contributed by atoms with Crippen molar-refractivity contribution in [2.24, 2.45) is 5.73 Å². The molecule has 3 rings (SSSR count). The first-order valence-electron chi connectivity index (χ1n) is 8.82. The molecule has 0 fully saturated rings. The third kappa shape index (κ3) is 4.83. The zero-order chi connectivity index (χ0) is 20.0. The molecule has 28 heavy (non-hydrogen) atoms. The van der Waals surface area contributed by atoms with Crippen LogP contribution >= 0.6 is 0 Å². The van der Waals surface area contributed by atoms with Crippen molar-refractivity contribution >= 4 is 28.6 Å². The summed E-state index contributed by atoms with van der Waals surface area (Å²) in [5.74, 6) is -0.427. The Balaban J connectivity index is 1.46. The molecular weight excluding hydrogens is 360 g/mol. The molecular formula is C19H22N6O3. The third-order valence-corrected chi connectivity index (χ3v) is 4.02. The van der Waals surface area contributed by atoms with Gasteiger partial charge in [-0.1, -0.05) is 6.07 Å². The minimum absolute atomic E-state index is 0.169. The zero-order valence-electron chi connectivity index (χ0n) is 15.4. The fourth-order valence-electron chi connectivity index (χ4n) is 2.51. The predicted octanol–water partition coefficient (Wildman–Crippen LogP) is 1.41. The van der Waals surface area contributed by atoms with E-state index in [0.29, 0.717) is 18.5 Å². The van der Waals surface area contributed by atoms with Crippen LogP contribution in [-0.4, -0.2) is 45.9 Å². The van der Waals surface area contributed by atoms with Crippen LogP contribution in [0.1, 0.15) is 23.7 Å². The average molecular weight is 382 g/mol. The Labute approximate surface area is 161 Å². The molecule has 0 spiro atoms. The number of rotatable bonds is 8. The molecule has 9 heteroatoms. The third-order valence-electron chi connectivity index (χ3n) is 4.02. The monoisotopic (exact) mass is 382 g/mol. The summed E-state index contributed by atoms with van der Waals surface area (Å²) in [6.07, 6.45) is 3.87. The van der Waals surface area contributed by atoms with Crippen LogP contribution in [0.15, 0.2) is 48.8 Å². The van der Waals surface area contributed by atoms with Crippen LogP contribution in [0, 0.1) is 0 Å². The van der Waals surface area contributed by atoms with E-state index in [4.69, 9.17) is 10.5 Å². The highest BCUT2D eigenvalue weighted by molar-refractivity contribution is 6.00.